The monoisotopic (exact) mass is 286 g/mol. The zero-order valence-electron chi connectivity index (χ0n) is 11.7. The highest BCUT2D eigenvalue weighted by Crippen LogP contribution is 2.36. The second-order valence-electron chi connectivity index (χ2n) is 5.08. The molecule has 2 aromatic rings. The van der Waals surface area contributed by atoms with Gasteiger partial charge < -0.3 is 10.2 Å². The van der Waals surface area contributed by atoms with E-state index >= 15 is 0 Å². The first-order valence-corrected chi connectivity index (χ1v) is 7.82. The number of hydrogen-bond donors (Lipinski definition) is 1. The van der Waals surface area contributed by atoms with Crippen LogP contribution in [0.2, 0.25) is 0 Å². The van der Waals surface area contributed by atoms with Crippen LogP contribution in [0.5, 0.6) is 0 Å². The maximum Gasteiger partial charge on any atom is 0.258 e. The van der Waals surface area contributed by atoms with Crippen molar-refractivity contribution >= 4 is 22.9 Å². The first kappa shape index (κ1) is 13.2. The Hall–Kier alpha value is -1.81. The molecule has 1 aromatic heterocycles. The number of rotatable bonds is 3. The number of carbonyl (C=O) groups excluding carboxylic acids is 1. The SMILES string of the molecule is CCC(C)N1C(=O)c2ccccc2NC1c1cccs1. The van der Waals surface area contributed by atoms with E-state index in [4.69, 9.17) is 0 Å². The number of benzene rings is 1. The maximum absolute atomic E-state index is 12.8. The van der Waals surface area contributed by atoms with Crippen molar-refractivity contribution in [2.45, 2.75) is 32.5 Å². The summed E-state index contributed by atoms with van der Waals surface area (Å²) < 4.78 is 0. The highest BCUT2D eigenvalue weighted by atomic mass is 32.1. The Labute approximate surface area is 123 Å². The number of thiophene rings is 1. The normalized spacial score (nSPS) is 19.4. The maximum atomic E-state index is 12.8. The number of para-hydroxylation sites is 1. The van der Waals surface area contributed by atoms with Crippen molar-refractivity contribution in [2.24, 2.45) is 0 Å². The average molecular weight is 286 g/mol. The van der Waals surface area contributed by atoms with Gasteiger partial charge >= 0.3 is 0 Å². The summed E-state index contributed by atoms with van der Waals surface area (Å²) in [4.78, 5) is 16.0. The Balaban J connectivity index is 2.07. The molecule has 4 heteroatoms. The minimum atomic E-state index is -0.0626. The Bertz CT molecular complexity index is 609. The molecule has 1 amide bonds. The summed E-state index contributed by atoms with van der Waals surface area (Å²) in [6, 6.07) is 12.1. The third-order valence-corrected chi connectivity index (χ3v) is 4.77. The van der Waals surface area contributed by atoms with Gasteiger partial charge in [0.1, 0.15) is 6.17 Å². The quantitative estimate of drug-likeness (QED) is 0.920. The fourth-order valence-electron chi connectivity index (χ4n) is 2.58. The van der Waals surface area contributed by atoms with E-state index in [1.807, 2.05) is 35.2 Å². The molecule has 0 saturated carbocycles. The lowest BCUT2D eigenvalue weighted by molar-refractivity contribution is 0.0597. The first-order valence-electron chi connectivity index (χ1n) is 6.94. The van der Waals surface area contributed by atoms with E-state index in [2.05, 4.69) is 30.6 Å². The molecular formula is C16H18N2OS. The number of nitrogens with one attached hydrogen (secondary N) is 1. The molecule has 0 bridgehead atoms. The number of carbonyl (C=O) groups is 1. The molecule has 1 aliphatic heterocycles. The van der Waals surface area contributed by atoms with Crippen LogP contribution in [0.25, 0.3) is 0 Å². The summed E-state index contributed by atoms with van der Waals surface area (Å²) in [5.74, 6) is 0.118. The summed E-state index contributed by atoms with van der Waals surface area (Å²) in [5, 5.41) is 5.56. The van der Waals surface area contributed by atoms with Crippen molar-refractivity contribution in [2.75, 3.05) is 5.32 Å². The van der Waals surface area contributed by atoms with Crippen LogP contribution < -0.4 is 5.32 Å². The van der Waals surface area contributed by atoms with Crippen molar-refractivity contribution in [1.29, 1.82) is 0 Å². The van der Waals surface area contributed by atoms with E-state index in [-0.39, 0.29) is 18.1 Å². The number of anilines is 1. The lowest BCUT2D eigenvalue weighted by atomic mass is 10.0. The van der Waals surface area contributed by atoms with Gasteiger partial charge in [-0.05, 0) is 36.9 Å². The van der Waals surface area contributed by atoms with Gasteiger partial charge in [0.15, 0.2) is 0 Å². The second kappa shape index (κ2) is 5.29. The highest BCUT2D eigenvalue weighted by Gasteiger charge is 2.35. The van der Waals surface area contributed by atoms with Gasteiger partial charge in [-0.2, -0.15) is 0 Å². The molecule has 0 radical (unpaired) electrons. The Morgan fingerprint density at radius 2 is 2.10 bits per heavy atom. The minimum Gasteiger partial charge on any atom is -0.360 e. The summed E-state index contributed by atoms with van der Waals surface area (Å²) in [5.41, 5.74) is 1.69. The van der Waals surface area contributed by atoms with E-state index in [0.717, 1.165) is 17.7 Å². The topological polar surface area (TPSA) is 32.3 Å². The third-order valence-electron chi connectivity index (χ3n) is 3.84. The standard InChI is InChI=1S/C16H18N2OS/c1-3-11(2)18-15(14-9-6-10-20-14)17-13-8-5-4-7-12(13)16(18)19/h4-11,15,17H,3H2,1-2H3. The van der Waals surface area contributed by atoms with E-state index in [1.54, 1.807) is 11.3 Å². The minimum absolute atomic E-state index is 0.0626. The third kappa shape index (κ3) is 2.10. The van der Waals surface area contributed by atoms with Gasteiger partial charge in [0, 0.05) is 16.6 Å². The van der Waals surface area contributed by atoms with Crippen molar-refractivity contribution in [3.05, 3.63) is 52.2 Å². The molecule has 20 heavy (non-hydrogen) atoms. The van der Waals surface area contributed by atoms with E-state index in [1.165, 1.54) is 4.88 Å². The average Bonchev–Trinajstić information content (AvgIpc) is 3.00. The van der Waals surface area contributed by atoms with Gasteiger partial charge in [-0.25, -0.2) is 0 Å². The largest absolute Gasteiger partial charge is 0.360 e. The van der Waals surface area contributed by atoms with Crippen LogP contribution in [-0.4, -0.2) is 16.8 Å². The van der Waals surface area contributed by atoms with E-state index < -0.39 is 0 Å². The molecule has 2 unspecified atom stereocenters. The predicted octanol–water partition coefficient (Wildman–Crippen LogP) is 4.11. The smallest absolute Gasteiger partial charge is 0.258 e. The van der Waals surface area contributed by atoms with Crippen molar-refractivity contribution in [3.63, 3.8) is 0 Å². The van der Waals surface area contributed by atoms with Crippen molar-refractivity contribution in [3.8, 4) is 0 Å². The van der Waals surface area contributed by atoms with Gasteiger partial charge in [0.2, 0.25) is 0 Å². The Morgan fingerprint density at radius 1 is 1.30 bits per heavy atom. The van der Waals surface area contributed by atoms with Gasteiger partial charge in [-0.3, -0.25) is 4.79 Å². The number of amides is 1. The molecule has 104 valence electrons. The molecule has 2 heterocycles. The molecule has 3 rings (SSSR count). The molecule has 1 aliphatic rings. The van der Waals surface area contributed by atoms with E-state index in [0.29, 0.717) is 0 Å². The molecule has 2 atom stereocenters. The second-order valence-corrected chi connectivity index (χ2v) is 6.06. The van der Waals surface area contributed by atoms with Gasteiger partial charge in [0.25, 0.3) is 5.91 Å². The summed E-state index contributed by atoms with van der Waals surface area (Å²) in [6.45, 7) is 4.22. The van der Waals surface area contributed by atoms with Crippen molar-refractivity contribution in [1.82, 2.24) is 4.90 Å². The summed E-state index contributed by atoms with van der Waals surface area (Å²) in [6.07, 6.45) is 0.879. The van der Waals surface area contributed by atoms with Gasteiger partial charge in [0.05, 0.1) is 5.56 Å². The zero-order valence-corrected chi connectivity index (χ0v) is 12.5. The van der Waals surface area contributed by atoms with Crippen LogP contribution in [0, 0.1) is 0 Å². The summed E-state index contributed by atoms with van der Waals surface area (Å²) >= 11 is 1.68. The molecule has 1 aromatic carbocycles. The highest BCUT2D eigenvalue weighted by molar-refractivity contribution is 7.10. The fraction of sp³-hybridized carbons (Fsp3) is 0.312. The van der Waals surface area contributed by atoms with Crippen LogP contribution in [0.4, 0.5) is 5.69 Å². The van der Waals surface area contributed by atoms with E-state index in [9.17, 15) is 4.79 Å². The number of hydrogen-bond acceptors (Lipinski definition) is 3. The fourth-order valence-corrected chi connectivity index (χ4v) is 3.35. The zero-order chi connectivity index (χ0) is 14.1. The molecule has 0 fully saturated rings. The molecule has 0 saturated heterocycles. The molecule has 1 N–H and O–H groups in total. The van der Waals surface area contributed by atoms with Crippen LogP contribution >= 0.6 is 11.3 Å². The molecular weight excluding hydrogens is 268 g/mol. The van der Waals surface area contributed by atoms with Crippen molar-refractivity contribution < 1.29 is 4.79 Å². The van der Waals surface area contributed by atoms with Crippen LogP contribution in [-0.2, 0) is 0 Å². The van der Waals surface area contributed by atoms with Gasteiger partial charge in [-0.1, -0.05) is 25.1 Å². The van der Waals surface area contributed by atoms with Crippen LogP contribution in [0.3, 0.4) is 0 Å². The number of nitrogens with zero attached hydrogens (tertiary/aromatic N) is 1. The molecule has 0 aliphatic carbocycles. The summed E-state index contributed by atoms with van der Waals surface area (Å²) in [7, 11) is 0. The Morgan fingerprint density at radius 3 is 2.80 bits per heavy atom. The van der Waals surface area contributed by atoms with Crippen LogP contribution in [0.1, 0.15) is 41.7 Å². The molecule has 3 nitrogen and oxygen atoms in total. The first-order chi connectivity index (χ1) is 9.72. The lowest BCUT2D eigenvalue weighted by Crippen LogP contribution is -2.47. The molecule has 0 spiro atoms. The van der Waals surface area contributed by atoms with Gasteiger partial charge in [-0.15, -0.1) is 11.3 Å². The predicted molar refractivity (Wildman–Crippen MR) is 83.0 cm³/mol. The number of fused-ring (bicyclic) bond motifs is 1. The van der Waals surface area contributed by atoms with Crippen LogP contribution in [0.15, 0.2) is 41.8 Å². The lowest BCUT2D eigenvalue weighted by Gasteiger charge is -2.40. The Kier molecular flexibility index (Phi) is 3.49.